The quantitative estimate of drug-likeness (QED) is 0.504. The highest BCUT2D eigenvalue weighted by molar-refractivity contribution is 6.35. The molecule has 0 bridgehead atoms. The summed E-state index contributed by atoms with van der Waals surface area (Å²) in [4.78, 5) is 26.5. The minimum absolute atomic E-state index is 0.0865. The van der Waals surface area contributed by atoms with Gasteiger partial charge < -0.3 is 11.1 Å². The fraction of sp³-hybridized carbons (Fsp3) is 0.136. The number of nitrogens with zero attached hydrogens (tertiary/aromatic N) is 5. The summed E-state index contributed by atoms with van der Waals surface area (Å²) in [6.07, 6.45) is 0. The third kappa shape index (κ3) is 3.67. The minimum Gasteiger partial charge on any atom is -0.382 e. The Morgan fingerprint density at radius 1 is 1.13 bits per heavy atom. The molecule has 8 nitrogen and oxygen atoms in total. The van der Waals surface area contributed by atoms with Gasteiger partial charge in [-0.25, -0.2) is 15.0 Å². The van der Waals surface area contributed by atoms with Crippen molar-refractivity contribution in [3.05, 3.63) is 81.1 Å². The number of rotatable bonds is 4. The molecular weight excluding hydrogens is 414 g/mol. The van der Waals surface area contributed by atoms with Crippen molar-refractivity contribution in [3.63, 3.8) is 0 Å². The Labute approximate surface area is 183 Å². The lowest BCUT2D eigenvalue weighted by molar-refractivity contribution is 0.729. The maximum Gasteiger partial charge on any atom is 0.267 e. The normalized spacial score (nSPS) is 11.8. The largest absolute Gasteiger partial charge is 0.382 e. The van der Waals surface area contributed by atoms with Crippen LogP contribution in [0.2, 0.25) is 5.02 Å². The molecule has 0 aliphatic heterocycles. The van der Waals surface area contributed by atoms with Crippen LogP contribution in [0.1, 0.15) is 30.2 Å². The number of nitrogens with one attached hydrogen (secondary N) is 1. The third-order valence-electron chi connectivity index (χ3n) is 4.79. The van der Waals surface area contributed by atoms with E-state index in [0.29, 0.717) is 33.3 Å². The highest BCUT2D eigenvalue weighted by atomic mass is 35.5. The van der Waals surface area contributed by atoms with E-state index < -0.39 is 6.04 Å². The first-order valence-electron chi connectivity index (χ1n) is 9.48. The van der Waals surface area contributed by atoms with E-state index in [4.69, 9.17) is 22.3 Å². The SMILES string of the molecule is Cc1nc(N)c(C#N)c(N[C@@H](C)c2nc3cccc(Cl)c3c(=O)n2-c2ccccc2)n1. The Balaban J connectivity index is 1.94. The van der Waals surface area contributed by atoms with E-state index in [2.05, 4.69) is 15.3 Å². The molecule has 0 aliphatic carbocycles. The van der Waals surface area contributed by atoms with Crippen molar-refractivity contribution in [1.29, 1.82) is 5.26 Å². The zero-order valence-corrected chi connectivity index (χ0v) is 17.6. The van der Waals surface area contributed by atoms with Crippen molar-refractivity contribution in [1.82, 2.24) is 19.5 Å². The molecule has 4 rings (SSSR count). The zero-order valence-electron chi connectivity index (χ0n) is 16.8. The van der Waals surface area contributed by atoms with Crippen LogP contribution in [0.3, 0.4) is 0 Å². The van der Waals surface area contributed by atoms with Crippen LogP contribution in [-0.2, 0) is 0 Å². The van der Waals surface area contributed by atoms with E-state index >= 15 is 0 Å². The number of aryl methyl sites for hydroxylation is 1. The predicted octanol–water partition coefficient (Wildman–Crippen LogP) is 3.76. The first kappa shape index (κ1) is 20.3. The summed E-state index contributed by atoms with van der Waals surface area (Å²) in [6.45, 7) is 3.51. The molecule has 2 aromatic carbocycles. The molecule has 0 saturated heterocycles. The monoisotopic (exact) mass is 431 g/mol. The molecule has 0 saturated carbocycles. The van der Waals surface area contributed by atoms with Gasteiger partial charge in [0.15, 0.2) is 5.82 Å². The Kier molecular flexibility index (Phi) is 5.28. The van der Waals surface area contributed by atoms with Gasteiger partial charge in [-0.05, 0) is 38.1 Å². The van der Waals surface area contributed by atoms with Crippen LogP contribution in [0, 0.1) is 18.3 Å². The summed E-state index contributed by atoms with van der Waals surface area (Å²) in [5.74, 6) is 1.22. The molecule has 1 atom stereocenters. The standard InChI is InChI=1S/C22H18ClN7O/c1-12(26-20-15(11-24)19(25)27-13(2)28-20)21-29-17-10-6-9-16(23)18(17)22(31)30(21)14-7-4-3-5-8-14/h3-10,12H,1-2H3,(H3,25,26,27,28)/t12-/m0/s1. The van der Waals surface area contributed by atoms with E-state index in [1.165, 1.54) is 4.57 Å². The number of hydrogen-bond donors (Lipinski definition) is 2. The van der Waals surface area contributed by atoms with Crippen molar-refractivity contribution >= 4 is 34.1 Å². The molecule has 3 N–H and O–H groups in total. The summed E-state index contributed by atoms with van der Waals surface area (Å²) in [5.41, 5.74) is 6.85. The van der Waals surface area contributed by atoms with Crippen LogP contribution < -0.4 is 16.6 Å². The van der Waals surface area contributed by atoms with E-state index in [1.807, 2.05) is 43.3 Å². The van der Waals surface area contributed by atoms with Crippen LogP contribution >= 0.6 is 11.6 Å². The Hall–Kier alpha value is -3.96. The predicted molar refractivity (Wildman–Crippen MR) is 120 cm³/mol. The Morgan fingerprint density at radius 3 is 2.58 bits per heavy atom. The van der Waals surface area contributed by atoms with Crippen LogP contribution in [0.25, 0.3) is 16.6 Å². The van der Waals surface area contributed by atoms with Gasteiger partial charge in [-0.2, -0.15) is 5.26 Å². The van der Waals surface area contributed by atoms with E-state index in [0.717, 1.165) is 0 Å². The van der Waals surface area contributed by atoms with E-state index in [1.54, 1.807) is 25.1 Å². The molecule has 31 heavy (non-hydrogen) atoms. The molecule has 9 heteroatoms. The van der Waals surface area contributed by atoms with Gasteiger partial charge in [0.2, 0.25) is 0 Å². The van der Waals surface area contributed by atoms with Crippen molar-refractivity contribution in [2.75, 3.05) is 11.1 Å². The highest BCUT2D eigenvalue weighted by Gasteiger charge is 2.21. The summed E-state index contributed by atoms with van der Waals surface area (Å²) >= 11 is 6.32. The van der Waals surface area contributed by atoms with Crippen LogP contribution in [0.4, 0.5) is 11.6 Å². The molecule has 154 valence electrons. The maximum absolute atomic E-state index is 13.5. The van der Waals surface area contributed by atoms with Gasteiger partial charge in [0, 0.05) is 0 Å². The summed E-state index contributed by atoms with van der Waals surface area (Å²) in [7, 11) is 0. The smallest absolute Gasteiger partial charge is 0.267 e. The van der Waals surface area contributed by atoms with Gasteiger partial charge in [-0.1, -0.05) is 35.9 Å². The van der Waals surface area contributed by atoms with Crippen molar-refractivity contribution in [3.8, 4) is 11.8 Å². The summed E-state index contributed by atoms with van der Waals surface area (Å²) in [6, 6.07) is 15.8. The number of nitriles is 1. The fourth-order valence-corrected chi connectivity index (χ4v) is 3.65. The van der Waals surface area contributed by atoms with Crippen LogP contribution in [-0.4, -0.2) is 19.5 Å². The summed E-state index contributed by atoms with van der Waals surface area (Å²) < 4.78 is 1.51. The lowest BCUT2D eigenvalue weighted by Crippen LogP contribution is -2.27. The average molecular weight is 432 g/mol. The second-order valence-corrected chi connectivity index (χ2v) is 7.34. The fourth-order valence-electron chi connectivity index (χ4n) is 3.40. The first-order chi connectivity index (χ1) is 14.9. The van der Waals surface area contributed by atoms with Gasteiger partial charge in [-0.15, -0.1) is 0 Å². The number of para-hydroxylation sites is 1. The van der Waals surface area contributed by atoms with Crippen molar-refractivity contribution < 1.29 is 0 Å². The molecule has 2 aromatic heterocycles. The highest BCUT2D eigenvalue weighted by Crippen LogP contribution is 2.26. The Morgan fingerprint density at radius 2 is 1.87 bits per heavy atom. The number of hydrogen-bond acceptors (Lipinski definition) is 7. The average Bonchev–Trinajstić information content (AvgIpc) is 2.74. The maximum atomic E-state index is 13.5. The molecule has 0 spiro atoms. The molecular formula is C22H18ClN7O. The first-order valence-corrected chi connectivity index (χ1v) is 9.86. The van der Waals surface area contributed by atoms with Crippen molar-refractivity contribution in [2.24, 2.45) is 0 Å². The molecule has 0 radical (unpaired) electrons. The second kappa shape index (κ2) is 8.05. The second-order valence-electron chi connectivity index (χ2n) is 6.94. The van der Waals surface area contributed by atoms with Gasteiger partial charge in [0.25, 0.3) is 5.56 Å². The molecule has 0 unspecified atom stereocenters. The molecule has 4 aromatic rings. The summed E-state index contributed by atoms with van der Waals surface area (Å²) in [5, 5.41) is 13.3. The van der Waals surface area contributed by atoms with Gasteiger partial charge >= 0.3 is 0 Å². The number of anilines is 2. The van der Waals surface area contributed by atoms with E-state index in [9.17, 15) is 10.1 Å². The third-order valence-corrected chi connectivity index (χ3v) is 5.10. The van der Waals surface area contributed by atoms with Crippen LogP contribution in [0.5, 0.6) is 0 Å². The van der Waals surface area contributed by atoms with Gasteiger partial charge in [-0.3, -0.25) is 9.36 Å². The number of nitrogens with two attached hydrogens (primary N) is 1. The molecule has 0 amide bonds. The lowest BCUT2D eigenvalue weighted by Gasteiger charge is -2.21. The molecule has 2 heterocycles. The van der Waals surface area contributed by atoms with Crippen molar-refractivity contribution in [2.45, 2.75) is 19.9 Å². The number of benzene rings is 2. The minimum atomic E-state index is -0.503. The Bertz CT molecular complexity index is 1390. The lowest BCUT2D eigenvalue weighted by atomic mass is 10.2. The molecule has 0 aliphatic rings. The zero-order chi connectivity index (χ0) is 22.1. The number of halogens is 1. The van der Waals surface area contributed by atoms with Gasteiger partial charge in [0.05, 0.1) is 27.7 Å². The molecule has 0 fully saturated rings. The van der Waals surface area contributed by atoms with Crippen LogP contribution in [0.15, 0.2) is 53.3 Å². The number of nitrogen functional groups attached to an aromatic ring is 1. The van der Waals surface area contributed by atoms with E-state index in [-0.39, 0.29) is 22.8 Å². The number of aromatic nitrogens is 4. The topological polar surface area (TPSA) is 123 Å². The number of fused-ring (bicyclic) bond motifs is 1. The van der Waals surface area contributed by atoms with Gasteiger partial charge in [0.1, 0.15) is 29.1 Å².